The standard InChI is InChI=1S/C63H55N5/c1-5-17-42(18-6-1)45-29-31-47(32-30-45)62-64-61(46-23-11-4-12-24-46)65-63(66-62)55-26-14-16-28-57(55)68-56-27-15-13-25-51(56)54-38-35-50(41-60(54)68)67-58-39-48(43-19-7-2-8-20-43)33-36-52(58)53-37-34-49(40-59(53)67)44-21-9-3-10-22-44/h1-5,7-9,11-17,19-21,23-29,33-41,47,51,56,62-63,66H,6,10,18,22,30-32H2,(H,64,65). The first kappa shape index (κ1) is 40.8. The number of allylic oxidation sites excluding steroid dienone is 12. The molecule has 332 valence electrons. The van der Waals surface area contributed by atoms with Crippen LogP contribution in [-0.4, -0.2) is 22.6 Å². The van der Waals surface area contributed by atoms with Gasteiger partial charge in [-0.15, -0.1) is 0 Å². The number of nitrogens with one attached hydrogen (secondary N) is 2. The number of benzene rings is 6. The predicted octanol–water partition coefficient (Wildman–Crippen LogP) is 14.9. The maximum atomic E-state index is 5.55. The fourth-order valence-corrected chi connectivity index (χ4v) is 11.9. The Morgan fingerprint density at radius 3 is 2.00 bits per heavy atom. The van der Waals surface area contributed by atoms with Gasteiger partial charge in [-0.25, -0.2) is 4.99 Å². The number of amidine groups is 1. The molecule has 5 atom stereocenters. The third-order valence-electron chi connectivity index (χ3n) is 15.3. The van der Waals surface area contributed by atoms with Crippen LogP contribution in [0.4, 0.5) is 11.4 Å². The predicted molar refractivity (Wildman–Crippen MR) is 284 cm³/mol. The smallest absolute Gasteiger partial charge is 0.131 e. The number of aliphatic imine (C=N–C) groups is 1. The zero-order chi connectivity index (χ0) is 45.0. The molecule has 4 aliphatic carbocycles. The van der Waals surface area contributed by atoms with E-state index in [1.807, 2.05) is 0 Å². The molecule has 0 saturated heterocycles. The first-order chi connectivity index (χ1) is 33.7. The molecular weight excluding hydrogens is 827 g/mol. The van der Waals surface area contributed by atoms with Crippen molar-refractivity contribution in [3.63, 3.8) is 0 Å². The van der Waals surface area contributed by atoms with Crippen LogP contribution in [0.5, 0.6) is 0 Å². The van der Waals surface area contributed by atoms with E-state index in [4.69, 9.17) is 4.99 Å². The lowest BCUT2D eigenvalue weighted by Gasteiger charge is -2.39. The topological polar surface area (TPSA) is 44.6 Å². The molecule has 13 rings (SSSR count). The summed E-state index contributed by atoms with van der Waals surface area (Å²) in [5.74, 6) is 1.59. The van der Waals surface area contributed by atoms with E-state index in [9.17, 15) is 0 Å². The van der Waals surface area contributed by atoms with Gasteiger partial charge in [0, 0.05) is 44.9 Å². The van der Waals surface area contributed by atoms with E-state index in [-0.39, 0.29) is 24.3 Å². The molecule has 5 heteroatoms. The lowest BCUT2D eigenvalue weighted by atomic mass is 9.82. The van der Waals surface area contributed by atoms with E-state index in [0.717, 1.165) is 62.0 Å². The number of anilines is 2. The van der Waals surface area contributed by atoms with Crippen LogP contribution in [0.1, 0.15) is 79.3 Å². The molecule has 0 fully saturated rings. The molecule has 0 radical (unpaired) electrons. The van der Waals surface area contributed by atoms with Crippen LogP contribution in [0.2, 0.25) is 0 Å². The van der Waals surface area contributed by atoms with Crippen LogP contribution < -0.4 is 15.5 Å². The third kappa shape index (κ3) is 7.24. The number of rotatable bonds is 8. The van der Waals surface area contributed by atoms with Gasteiger partial charge >= 0.3 is 0 Å². The van der Waals surface area contributed by atoms with E-state index in [1.165, 1.54) is 77.7 Å². The molecule has 2 aliphatic heterocycles. The normalized spacial score (nSPS) is 22.9. The molecule has 6 aliphatic rings. The van der Waals surface area contributed by atoms with Gasteiger partial charge in [0.05, 0.1) is 23.2 Å². The van der Waals surface area contributed by atoms with Crippen LogP contribution in [-0.2, 0) is 0 Å². The highest BCUT2D eigenvalue weighted by Gasteiger charge is 2.40. The Morgan fingerprint density at radius 1 is 0.544 bits per heavy atom. The van der Waals surface area contributed by atoms with Crippen molar-refractivity contribution in [2.75, 3.05) is 4.90 Å². The molecule has 1 aromatic heterocycles. The van der Waals surface area contributed by atoms with Gasteiger partial charge in [-0.05, 0) is 120 Å². The highest BCUT2D eigenvalue weighted by atomic mass is 15.3. The third-order valence-corrected chi connectivity index (χ3v) is 15.3. The quantitative estimate of drug-likeness (QED) is 0.160. The minimum absolute atomic E-state index is 0.0582. The fourth-order valence-electron chi connectivity index (χ4n) is 11.9. The SMILES string of the molecule is C1=CCCC(C2=CCC(C3NC(c4ccccc4)=NC(c4ccccc4N4c5cc(-n6c7cc(C8=CC=CCC8)ccc7c7ccc(-c8ccccc8)cc76)ccc5C5C=CC=CC54)N3)CC2)=C1. The van der Waals surface area contributed by atoms with Crippen molar-refractivity contribution in [3.05, 3.63) is 240 Å². The van der Waals surface area contributed by atoms with Crippen LogP contribution >= 0.6 is 0 Å². The molecule has 68 heavy (non-hydrogen) atoms. The Labute approximate surface area is 399 Å². The maximum Gasteiger partial charge on any atom is 0.131 e. The average molecular weight is 882 g/mol. The van der Waals surface area contributed by atoms with Gasteiger partial charge in [0.1, 0.15) is 12.0 Å². The van der Waals surface area contributed by atoms with Crippen LogP contribution in [0.15, 0.2) is 223 Å². The first-order valence-corrected chi connectivity index (χ1v) is 24.8. The largest absolute Gasteiger partial charge is 0.354 e. The van der Waals surface area contributed by atoms with Crippen molar-refractivity contribution in [1.29, 1.82) is 0 Å². The van der Waals surface area contributed by atoms with Gasteiger partial charge in [-0.1, -0.05) is 176 Å². The fraction of sp³-hybridized carbons (Fsp3) is 0.190. The molecule has 3 heterocycles. The van der Waals surface area contributed by atoms with Crippen molar-refractivity contribution in [3.8, 4) is 16.8 Å². The summed E-state index contributed by atoms with van der Waals surface area (Å²) in [7, 11) is 0. The minimum Gasteiger partial charge on any atom is -0.354 e. The zero-order valence-corrected chi connectivity index (χ0v) is 38.3. The molecule has 0 saturated carbocycles. The molecule has 0 amide bonds. The summed E-state index contributed by atoms with van der Waals surface area (Å²) in [4.78, 5) is 8.16. The Hall–Kier alpha value is -7.47. The van der Waals surface area contributed by atoms with Crippen molar-refractivity contribution in [1.82, 2.24) is 15.2 Å². The van der Waals surface area contributed by atoms with Gasteiger partial charge in [-0.3, -0.25) is 5.32 Å². The lowest BCUT2D eigenvalue weighted by molar-refractivity contribution is 0.272. The number of para-hydroxylation sites is 1. The number of hydrogen-bond donors (Lipinski definition) is 2. The Balaban J connectivity index is 0.937. The lowest BCUT2D eigenvalue weighted by Crippen LogP contribution is -2.55. The van der Waals surface area contributed by atoms with Crippen molar-refractivity contribution in [2.24, 2.45) is 10.9 Å². The second kappa shape index (κ2) is 17.3. The van der Waals surface area contributed by atoms with E-state index in [0.29, 0.717) is 5.92 Å². The summed E-state index contributed by atoms with van der Waals surface area (Å²) in [6.07, 6.45) is 32.9. The first-order valence-electron chi connectivity index (χ1n) is 24.8. The van der Waals surface area contributed by atoms with Crippen molar-refractivity contribution in [2.45, 2.75) is 69.2 Å². The highest BCUT2D eigenvalue weighted by Crippen LogP contribution is 2.51. The number of hydrogen-bond acceptors (Lipinski definition) is 4. The molecule has 6 aromatic carbocycles. The molecule has 0 bridgehead atoms. The van der Waals surface area contributed by atoms with E-state index >= 15 is 0 Å². The molecule has 5 unspecified atom stereocenters. The van der Waals surface area contributed by atoms with Crippen LogP contribution in [0, 0.1) is 5.92 Å². The van der Waals surface area contributed by atoms with Crippen LogP contribution in [0.25, 0.3) is 44.2 Å². The number of nitrogens with zero attached hydrogens (tertiary/aromatic N) is 3. The molecule has 7 aromatic rings. The second-order valence-corrected chi connectivity index (χ2v) is 19.2. The number of aromatic nitrogens is 1. The van der Waals surface area contributed by atoms with Crippen molar-refractivity contribution < 1.29 is 0 Å². The Morgan fingerprint density at radius 2 is 1.25 bits per heavy atom. The van der Waals surface area contributed by atoms with Gasteiger partial charge in [0.25, 0.3) is 0 Å². The van der Waals surface area contributed by atoms with E-state index in [2.05, 4.69) is 226 Å². The van der Waals surface area contributed by atoms with Gasteiger partial charge in [0.15, 0.2) is 0 Å². The van der Waals surface area contributed by atoms with E-state index < -0.39 is 0 Å². The number of fused-ring (bicyclic) bond motifs is 6. The molecule has 2 N–H and O–H groups in total. The maximum absolute atomic E-state index is 5.55. The van der Waals surface area contributed by atoms with Gasteiger partial charge in [0.2, 0.25) is 0 Å². The minimum atomic E-state index is -0.255. The van der Waals surface area contributed by atoms with Crippen LogP contribution in [0.3, 0.4) is 0 Å². The monoisotopic (exact) mass is 881 g/mol. The van der Waals surface area contributed by atoms with E-state index in [1.54, 1.807) is 0 Å². The van der Waals surface area contributed by atoms with Crippen molar-refractivity contribution >= 4 is 44.6 Å². The Kier molecular flexibility index (Phi) is 10.4. The Bertz CT molecular complexity index is 3360. The van der Waals surface area contributed by atoms with Gasteiger partial charge < -0.3 is 14.8 Å². The summed E-state index contributed by atoms with van der Waals surface area (Å²) >= 11 is 0. The summed E-state index contributed by atoms with van der Waals surface area (Å²) in [6.45, 7) is 0. The summed E-state index contributed by atoms with van der Waals surface area (Å²) in [5, 5.41) is 10.5. The molecule has 0 spiro atoms. The molecular formula is C63H55N5. The highest BCUT2D eigenvalue weighted by molar-refractivity contribution is 6.11. The van der Waals surface area contributed by atoms with Gasteiger partial charge in [-0.2, -0.15) is 0 Å². The summed E-state index contributed by atoms with van der Waals surface area (Å²) in [5.41, 5.74) is 17.8. The molecule has 5 nitrogen and oxygen atoms in total. The zero-order valence-electron chi connectivity index (χ0n) is 38.3. The second-order valence-electron chi connectivity index (χ2n) is 19.2. The summed E-state index contributed by atoms with van der Waals surface area (Å²) < 4.78 is 2.53. The average Bonchev–Trinajstić information content (AvgIpc) is 3.93. The summed E-state index contributed by atoms with van der Waals surface area (Å²) in [6, 6.07) is 52.0.